The summed E-state index contributed by atoms with van der Waals surface area (Å²) in [5, 5.41) is 4.05. The highest BCUT2D eigenvalue weighted by Crippen LogP contribution is 2.22. The van der Waals surface area contributed by atoms with Crippen LogP contribution in [0.15, 0.2) is 34.3 Å². The zero-order valence-electron chi connectivity index (χ0n) is 14.4. The maximum absolute atomic E-state index is 12.6. The molecule has 1 amide bonds. The van der Waals surface area contributed by atoms with Crippen molar-refractivity contribution in [2.45, 2.75) is 18.4 Å². The Morgan fingerprint density at radius 2 is 2.15 bits per heavy atom. The lowest BCUT2D eigenvalue weighted by molar-refractivity contribution is 0.0988. The molecule has 0 fully saturated rings. The normalized spacial score (nSPS) is 12.5. The van der Waals surface area contributed by atoms with E-state index < -0.39 is 15.7 Å². The first kappa shape index (κ1) is 18.1. The van der Waals surface area contributed by atoms with Crippen LogP contribution in [-0.2, 0) is 23.4 Å². The SMILES string of the molecule is C#CCn1c(=NC(=O)c2c(C)cnn2C)sc2cc(S(C)(=O)=O)ccc21. The number of fused-ring (bicyclic) bond motifs is 1. The maximum atomic E-state index is 12.6. The fourth-order valence-corrected chi connectivity index (χ4v) is 4.40. The number of carbonyl (C=O) groups is 1. The number of aromatic nitrogens is 3. The molecular weight excluding hydrogens is 372 g/mol. The van der Waals surface area contributed by atoms with Crippen molar-refractivity contribution < 1.29 is 13.2 Å². The first-order chi connectivity index (χ1) is 12.2. The van der Waals surface area contributed by atoms with Gasteiger partial charge in [0, 0.05) is 18.9 Å². The number of nitrogens with zero attached hydrogens (tertiary/aromatic N) is 4. The first-order valence-corrected chi connectivity index (χ1v) is 10.3. The average Bonchev–Trinajstić information content (AvgIpc) is 3.06. The summed E-state index contributed by atoms with van der Waals surface area (Å²) in [5.41, 5.74) is 1.85. The highest BCUT2D eigenvalue weighted by molar-refractivity contribution is 7.90. The van der Waals surface area contributed by atoms with E-state index in [-0.39, 0.29) is 11.4 Å². The summed E-state index contributed by atoms with van der Waals surface area (Å²) in [6, 6.07) is 4.77. The lowest BCUT2D eigenvalue weighted by Crippen LogP contribution is -2.18. The second-order valence-electron chi connectivity index (χ2n) is 5.79. The molecular formula is C17H16N4O3S2. The first-order valence-electron chi connectivity index (χ1n) is 7.57. The van der Waals surface area contributed by atoms with Crippen molar-refractivity contribution in [3.05, 3.63) is 40.5 Å². The molecule has 134 valence electrons. The molecule has 0 unspecified atom stereocenters. The number of aryl methyl sites for hydroxylation is 2. The molecule has 0 aliphatic rings. The molecule has 2 heterocycles. The number of terminal acetylenes is 1. The third-order valence-electron chi connectivity index (χ3n) is 3.85. The van der Waals surface area contributed by atoms with Crippen molar-refractivity contribution >= 4 is 37.3 Å². The summed E-state index contributed by atoms with van der Waals surface area (Å²) in [6.07, 6.45) is 8.20. The van der Waals surface area contributed by atoms with Gasteiger partial charge in [0.05, 0.1) is 27.9 Å². The minimum atomic E-state index is -3.33. The smallest absolute Gasteiger partial charge is 0.298 e. The number of benzene rings is 1. The van der Waals surface area contributed by atoms with Crippen LogP contribution in [0.3, 0.4) is 0 Å². The molecule has 3 aromatic rings. The summed E-state index contributed by atoms with van der Waals surface area (Å²) in [4.78, 5) is 17.4. The van der Waals surface area contributed by atoms with Crippen LogP contribution in [0.1, 0.15) is 16.1 Å². The van der Waals surface area contributed by atoms with Crippen molar-refractivity contribution in [2.75, 3.05) is 6.26 Å². The predicted molar refractivity (Wildman–Crippen MR) is 99.6 cm³/mol. The van der Waals surface area contributed by atoms with Crippen LogP contribution >= 0.6 is 11.3 Å². The molecule has 0 saturated carbocycles. The second kappa shape index (κ2) is 6.55. The maximum Gasteiger partial charge on any atom is 0.298 e. The summed E-state index contributed by atoms with van der Waals surface area (Å²) < 4.78 is 27.4. The molecule has 0 aliphatic carbocycles. The van der Waals surface area contributed by atoms with E-state index in [9.17, 15) is 13.2 Å². The van der Waals surface area contributed by atoms with Crippen molar-refractivity contribution in [3.63, 3.8) is 0 Å². The zero-order valence-corrected chi connectivity index (χ0v) is 16.1. The monoisotopic (exact) mass is 388 g/mol. The van der Waals surface area contributed by atoms with Gasteiger partial charge in [-0.2, -0.15) is 10.1 Å². The molecule has 0 saturated heterocycles. The molecule has 0 atom stereocenters. The number of sulfone groups is 1. The van der Waals surface area contributed by atoms with Gasteiger partial charge in [0.2, 0.25) is 0 Å². The minimum Gasteiger partial charge on any atom is -0.305 e. The van der Waals surface area contributed by atoms with Gasteiger partial charge in [-0.1, -0.05) is 17.3 Å². The van der Waals surface area contributed by atoms with Crippen LogP contribution in [0.2, 0.25) is 0 Å². The lowest BCUT2D eigenvalue weighted by atomic mass is 10.3. The van der Waals surface area contributed by atoms with Gasteiger partial charge in [-0.15, -0.1) is 6.42 Å². The Morgan fingerprint density at radius 1 is 1.42 bits per heavy atom. The number of rotatable bonds is 3. The fraction of sp³-hybridized carbons (Fsp3) is 0.235. The predicted octanol–water partition coefficient (Wildman–Crippen LogP) is 1.52. The molecule has 2 aromatic heterocycles. The summed E-state index contributed by atoms with van der Waals surface area (Å²) in [7, 11) is -1.66. The molecule has 9 heteroatoms. The van der Waals surface area contributed by atoms with Gasteiger partial charge >= 0.3 is 0 Å². The van der Waals surface area contributed by atoms with Crippen LogP contribution in [0.5, 0.6) is 0 Å². The Kier molecular flexibility index (Phi) is 4.56. The van der Waals surface area contributed by atoms with Crippen LogP contribution in [0, 0.1) is 19.3 Å². The van der Waals surface area contributed by atoms with Gasteiger partial charge in [-0.25, -0.2) is 8.42 Å². The second-order valence-corrected chi connectivity index (χ2v) is 8.82. The van der Waals surface area contributed by atoms with Gasteiger partial charge in [0.25, 0.3) is 5.91 Å². The number of amides is 1. The van der Waals surface area contributed by atoms with E-state index >= 15 is 0 Å². The Bertz CT molecular complexity index is 1220. The third-order valence-corrected chi connectivity index (χ3v) is 6.00. The Morgan fingerprint density at radius 3 is 2.73 bits per heavy atom. The summed E-state index contributed by atoms with van der Waals surface area (Å²) >= 11 is 1.22. The average molecular weight is 388 g/mol. The molecule has 0 aliphatic heterocycles. The van der Waals surface area contributed by atoms with Crippen molar-refractivity contribution in [2.24, 2.45) is 12.0 Å². The van der Waals surface area contributed by atoms with Crippen LogP contribution in [0.25, 0.3) is 10.2 Å². The third kappa shape index (κ3) is 3.21. The topological polar surface area (TPSA) is 86.3 Å². The number of hydrogen-bond acceptors (Lipinski definition) is 5. The fourth-order valence-electron chi connectivity index (χ4n) is 2.61. The Hall–Kier alpha value is -2.70. The van der Waals surface area contributed by atoms with Gasteiger partial charge < -0.3 is 4.57 Å². The molecule has 0 spiro atoms. The lowest BCUT2D eigenvalue weighted by Gasteiger charge is -2.02. The Labute approximate surface area is 154 Å². The largest absolute Gasteiger partial charge is 0.305 e. The van der Waals surface area contributed by atoms with E-state index in [1.165, 1.54) is 22.1 Å². The molecule has 3 rings (SSSR count). The standard InChI is InChI=1S/C17H16N4O3S2/c1-5-8-21-13-7-6-12(26(4,23)24)9-14(13)25-17(21)19-16(22)15-11(2)10-18-20(15)3/h1,6-7,9-10H,8H2,2-4H3. The highest BCUT2D eigenvalue weighted by Gasteiger charge is 2.16. The van der Waals surface area contributed by atoms with E-state index in [1.54, 1.807) is 36.9 Å². The summed E-state index contributed by atoms with van der Waals surface area (Å²) in [5.74, 6) is 2.11. The van der Waals surface area contributed by atoms with Crippen LogP contribution in [-0.4, -0.2) is 34.9 Å². The zero-order chi connectivity index (χ0) is 19.1. The van der Waals surface area contributed by atoms with Crippen molar-refractivity contribution in [1.82, 2.24) is 14.3 Å². The van der Waals surface area contributed by atoms with Gasteiger partial charge in [0.15, 0.2) is 14.6 Å². The van der Waals surface area contributed by atoms with Gasteiger partial charge in [-0.3, -0.25) is 9.48 Å². The van der Waals surface area contributed by atoms with Crippen molar-refractivity contribution in [3.8, 4) is 12.3 Å². The van der Waals surface area contributed by atoms with Gasteiger partial charge in [-0.05, 0) is 25.1 Å². The van der Waals surface area contributed by atoms with E-state index in [4.69, 9.17) is 6.42 Å². The van der Waals surface area contributed by atoms with E-state index in [0.29, 0.717) is 15.2 Å². The van der Waals surface area contributed by atoms with Gasteiger partial charge in [0.1, 0.15) is 5.69 Å². The minimum absolute atomic E-state index is 0.208. The number of hydrogen-bond donors (Lipinski definition) is 0. The summed E-state index contributed by atoms with van der Waals surface area (Å²) in [6.45, 7) is 2.00. The molecule has 26 heavy (non-hydrogen) atoms. The number of carbonyl (C=O) groups excluding carboxylic acids is 1. The molecule has 1 aromatic carbocycles. The quantitative estimate of drug-likeness (QED) is 0.637. The van der Waals surface area contributed by atoms with E-state index in [1.807, 2.05) is 0 Å². The van der Waals surface area contributed by atoms with Crippen LogP contribution in [0.4, 0.5) is 0 Å². The van der Waals surface area contributed by atoms with Crippen molar-refractivity contribution in [1.29, 1.82) is 0 Å². The van der Waals surface area contributed by atoms with E-state index in [2.05, 4.69) is 16.0 Å². The molecule has 0 N–H and O–H groups in total. The Balaban J connectivity index is 2.23. The molecule has 0 radical (unpaired) electrons. The molecule has 0 bridgehead atoms. The highest BCUT2D eigenvalue weighted by atomic mass is 32.2. The molecule has 7 nitrogen and oxygen atoms in total. The van der Waals surface area contributed by atoms with Crippen LogP contribution < -0.4 is 4.80 Å². The number of thiazole rings is 1. The van der Waals surface area contributed by atoms with E-state index in [0.717, 1.165) is 17.3 Å².